The fourth-order valence-electron chi connectivity index (χ4n) is 4.10. The molecule has 6 rings (SSSR count). The number of aromatic nitrogens is 2. The number of rotatable bonds is 2. The normalized spacial score (nSPS) is 10.3. The molecule has 0 spiro atoms. The molecule has 0 saturated carbocycles. The first kappa shape index (κ1) is 23.8. The summed E-state index contributed by atoms with van der Waals surface area (Å²) >= 11 is -0.826. The number of hydrogen-bond acceptors (Lipinski definition) is 0. The quantitative estimate of drug-likeness (QED) is 0.191. The van der Waals surface area contributed by atoms with Crippen LogP contribution in [0.4, 0.5) is 0 Å². The summed E-state index contributed by atoms with van der Waals surface area (Å²) in [4.78, 5) is 0. The van der Waals surface area contributed by atoms with Crippen molar-refractivity contribution in [1.29, 1.82) is 0 Å². The maximum atomic E-state index is 4.93. The Labute approximate surface area is 213 Å². The van der Waals surface area contributed by atoms with Crippen molar-refractivity contribution in [1.82, 2.24) is 9.13 Å². The van der Waals surface area contributed by atoms with Crippen LogP contribution in [0.25, 0.3) is 32.9 Å². The topological polar surface area (TPSA) is 9.86 Å². The third-order valence-electron chi connectivity index (χ3n) is 5.75. The summed E-state index contributed by atoms with van der Waals surface area (Å²) in [5, 5.41) is 5.34. The average Bonchev–Trinajstić information content (AvgIpc) is 3.63. The molecule has 2 aromatic heterocycles. The molecule has 0 aliphatic carbocycles. The largest absolute Gasteiger partial charge is 0.333 e. The summed E-state index contributed by atoms with van der Waals surface area (Å²) in [5.74, 6) is 0. The van der Waals surface area contributed by atoms with E-state index in [0.717, 1.165) is 0 Å². The van der Waals surface area contributed by atoms with Gasteiger partial charge in [-0.25, -0.2) is 0 Å². The molecule has 0 saturated heterocycles. The van der Waals surface area contributed by atoms with Crippen molar-refractivity contribution in [2.45, 2.75) is 13.8 Å². The van der Waals surface area contributed by atoms with Crippen molar-refractivity contribution in [3.8, 4) is 11.4 Å². The van der Waals surface area contributed by atoms with E-state index in [1.54, 1.807) is 0 Å². The van der Waals surface area contributed by atoms with Crippen LogP contribution in [0.1, 0.15) is 11.1 Å². The number of nitrogens with zero attached hydrogens (tertiary/aromatic N) is 2. The number of aryl methyl sites for hydroxylation is 2. The van der Waals surface area contributed by atoms with Crippen LogP contribution in [0.3, 0.4) is 0 Å². The van der Waals surface area contributed by atoms with Gasteiger partial charge in [0.15, 0.2) is 0 Å². The molecule has 5 heteroatoms. The second-order valence-electron chi connectivity index (χ2n) is 7.80. The van der Waals surface area contributed by atoms with Gasteiger partial charge in [-0.3, -0.25) is 0 Å². The molecule has 0 amide bonds. The summed E-state index contributed by atoms with van der Waals surface area (Å²) in [6, 6.07) is 29.9. The number of halogens is 2. The molecular formula is C28H24Cl2N2Zr. The summed E-state index contributed by atoms with van der Waals surface area (Å²) in [6.45, 7) is 4.34. The van der Waals surface area contributed by atoms with Gasteiger partial charge in [0.05, 0.1) is 0 Å². The Kier molecular flexibility index (Phi) is 8.09. The molecule has 0 N–H and O–H groups in total. The van der Waals surface area contributed by atoms with Gasteiger partial charge in [0.25, 0.3) is 0 Å². The van der Waals surface area contributed by atoms with Gasteiger partial charge in [-0.1, -0.05) is 24.6 Å². The molecule has 0 atom stereocenters. The Morgan fingerprint density at radius 2 is 1.36 bits per heavy atom. The molecule has 0 aliphatic rings. The van der Waals surface area contributed by atoms with Crippen LogP contribution in [-0.2, 0) is 20.8 Å². The molecule has 0 aliphatic heterocycles. The van der Waals surface area contributed by atoms with E-state index in [0.29, 0.717) is 0 Å². The Hall–Kier alpha value is -2.32. The van der Waals surface area contributed by atoms with E-state index >= 15 is 0 Å². The molecule has 0 bridgehead atoms. The Morgan fingerprint density at radius 1 is 0.727 bits per heavy atom. The van der Waals surface area contributed by atoms with Gasteiger partial charge in [-0.15, -0.1) is 63.5 Å². The second kappa shape index (κ2) is 11.2. The molecule has 0 fully saturated rings. The van der Waals surface area contributed by atoms with E-state index in [1.807, 2.05) is 12.1 Å². The molecule has 6 aromatic rings. The van der Waals surface area contributed by atoms with Gasteiger partial charge in [0, 0.05) is 30.5 Å². The monoisotopic (exact) mass is 548 g/mol. The van der Waals surface area contributed by atoms with Gasteiger partial charge in [0.2, 0.25) is 0 Å². The van der Waals surface area contributed by atoms with E-state index in [9.17, 15) is 0 Å². The zero-order chi connectivity index (χ0) is 23.2. The minimum Gasteiger partial charge on any atom is -0.333 e. The zero-order valence-electron chi connectivity index (χ0n) is 18.5. The standard InChI is InChI=1S/C15H14N.C13H10N.2ClH.Zr/c1-11-5-6-12(2)15-10-13(9-14(11)15)16-7-3-4-8-16;1-2-10-14(9-1)13-8-4-6-11-5-3-7-12(11)13;;;/h3-10H,1-2H3;1-10H;2*1H;/q2*-1;;;+4/p-2. The van der Waals surface area contributed by atoms with Crippen LogP contribution in [-0.4, -0.2) is 9.13 Å². The SMILES string of the molecule is Cc1ccc(C)c2[cH-]c(-n3cccc3)cc12.[Cl][Zr+2][Cl].c1cc(-n2cccc2)c2cc[cH-]c2c1. The molecule has 4 aromatic carbocycles. The van der Waals surface area contributed by atoms with E-state index in [1.165, 1.54) is 44.0 Å². The Bertz CT molecular complexity index is 1380. The van der Waals surface area contributed by atoms with Crippen LogP contribution in [0.15, 0.2) is 110 Å². The maximum Gasteiger partial charge on any atom is 0.00799 e. The molecule has 33 heavy (non-hydrogen) atoms. The van der Waals surface area contributed by atoms with Gasteiger partial charge in [-0.05, 0) is 36.9 Å². The molecule has 2 heterocycles. The van der Waals surface area contributed by atoms with Gasteiger partial charge < -0.3 is 9.13 Å². The third kappa shape index (κ3) is 5.44. The summed E-state index contributed by atoms with van der Waals surface area (Å²) in [7, 11) is 9.87. The van der Waals surface area contributed by atoms with Crippen LogP contribution < -0.4 is 0 Å². The fourth-order valence-corrected chi connectivity index (χ4v) is 4.10. The fraction of sp³-hybridized carbons (Fsp3) is 0.0714. The molecule has 164 valence electrons. The van der Waals surface area contributed by atoms with Crippen molar-refractivity contribution < 1.29 is 20.8 Å². The number of benzene rings is 2. The predicted molar refractivity (Wildman–Crippen MR) is 139 cm³/mol. The Morgan fingerprint density at radius 3 is 2.03 bits per heavy atom. The zero-order valence-corrected chi connectivity index (χ0v) is 22.5. The van der Waals surface area contributed by atoms with Gasteiger partial charge >= 0.3 is 37.9 Å². The summed E-state index contributed by atoms with van der Waals surface area (Å²) in [5.41, 5.74) is 5.19. The van der Waals surface area contributed by atoms with Gasteiger partial charge in [0.1, 0.15) is 0 Å². The van der Waals surface area contributed by atoms with Crippen LogP contribution in [0.5, 0.6) is 0 Å². The van der Waals surface area contributed by atoms with Crippen LogP contribution >= 0.6 is 17.0 Å². The summed E-state index contributed by atoms with van der Waals surface area (Å²) in [6.07, 6.45) is 8.31. The van der Waals surface area contributed by atoms with Crippen molar-refractivity contribution in [2.75, 3.05) is 0 Å². The predicted octanol–water partition coefficient (Wildman–Crippen LogP) is 8.69. The molecule has 0 unspecified atom stereocenters. The second-order valence-corrected chi connectivity index (χ2v) is 11.5. The first-order valence-electron chi connectivity index (χ1n) is 10.7. The number of fused-ring (bicyclic) bond motifs is 2. The van der Waals surface area contributed by atoms with Crippen molar-refractivity contribution >= 4 is 38.6 Å². The van der Waals surface area contributed by atoms with E-state index in [4.69, 9.17) is 17.0 Å². The maximum absolute atomic E-state index is 4.93. The first-order valence-corrected chi connectivity index (χ1v) is 17.0. The van der Waals surface area contributed by atoms with Crippen molar-refractivity contribution in [2.24, 2.45) is 0 Å². The van der Waals surface area contributed by atoms with Crippen molar-refractivity contribution in [3.05, 3.63) is 121 Å². The van der Waals surface area contributed by atoms with Crippen LogP contribution in [0.2, 0.25) is 0 Å². The number of hydrogen-bond donors (Lipinski definition) is 0. The smallest absolute Gasteiger partial charge is 0.00799 e. The Balaban J connectivity index is 0.000000142. The minimum absolute atomic E-state index is 0.826. The molecule has 2 nitrogen and oxygen atoms in total. The van der Waals surface area contributed by atoms with E-state index < -0.39 is 20.8 Å². The third-order valence-corrected chi connectivity index (χ3v) is 5.75. The van der Waals surface area contributed by atoms with E-state index in [-0.39, 0.29) is 0 Å². The van der Waals surface area contributed by atoms with Crippen molar-refractivity contribution in [3.63, 3.8) is 0 Å². The average molecular weight is 551 g/mol. The molecular weight excluding hydrogens is 526 g/mol. The summed E-state index contributed by atoms with van der Waals surface area (Å²) < 4.78 is 4.29. The van der Waals surface area contributed by atoms with Gasteiger partial charge in [-0.2, -0.15) is 12.1 Å². The minimum atomic E-state index is -0.826. The molecule has 0 radical (unpaired) electrons. The van der Waals surface area contributed by atoms with Crippen LogP contribution in [0, 0.1) is 13.8 Å². The first-order chi connectivity index (χ1) is 16.1. The van der Waals surface area contributed by atoms with E-state index in [2.05, 4.69) is 121 Å².